The molecule has 0 aliphatic carbocycles. The summed E-state index contributed by atoms with van der Waals surface area (Å²) in [5.41, 5.74) is 5.82. The number of sulfonamides is 1. The van der Waals surface area contributed by atoms with E-state index in [1.807, 2.05) is 0 Å². The molecule has 0 aromatic heterocycles. The van der Waals surface area contributed by atoms with Crippen molar-refractivity contribution in [3.63, 3.8) is 0 Å². The average Bonchev–Trinajstić information content (AvgIpc) is 2.29. The fourth-order valence-corrected chi connectivity index (χ4v) is 1.67. The number of hydrogen-bond acceptors (Lipinski definition) is 4. The van der Waals surface area contributed by atoms with Crippen LogP contribution in [0.2, 0.25) is 0 Å². The van der Waals surface area contributed by atoms with Gasteiger partial charge in [-0.05, 0) is 31.2 Å². The molecule has 0 spiro atoms. The molecule has 0 aliphatic heterocycles. The molecule has 0 saturated heterocycles. The van der Waals surface area contributed by atoms with Gasteiger partial charge < -0.3 is 10.5 Å². The maximum atomic E-state index is 12.4. The van der Waals surface area contributed by atoms with Crippen LogP contribution in [0.25, 0.3) is 0 Å². The molecule has 0 heterocycles. The maximum Gasteiger partial charge on any atom is 0.238 e. The third-order valence-corrected chi connectivity index (χ3v) is 3.21. The highest BCUT2D eigenvalue weighted by Crippen LogP contribution is 2.16. The van der Waals surface area contributed by atoms with Crippen LogP contribution in [0.5, 0.6) is 5.75 Å². The molecule has 0 fully saturated rings. The van der Waals surface area contributed by atoms with Gasteiger partial charge in [0.15, 0.2) is 0 Å². The van der Waals surface area contributed by atoms with Gasteiger partial charge in [-0.15, -0.1) is 12.4 Å². The lowest BCUT2D eigenvalue weighted by atomic mass is 10.2. The highest BCUT2D eigenvalue weighted by molar-refractivity contribution is 7.89. The van der Waals surface area contributed by atoms with Crippen LogP contribution in [0.15, 0.2) is 41.1 Å². The minimum atomic E-state index is -3.72. The Morgan fingerprint density at radius 1 is 1.42 bits per heavy atom. The summed E-state index contributed by atoms with van der Waals surface area (Å²) in [4.78, 5) is -0.0108. The van der Waals surface area contributed by atoms with E-state index in [4.69, 9.17) is 15.6 Å². The minimum absolute atomic E-state index is 0. The molecule has 5 nitrogen and oxygen atoms in total. The van der Waals surface area contributed by atoms with Crippen molar-refractivity contribution < 1.29 is 17.5 Å². The van der Waals surface area contributed by atoms with Gasteiger partial charge in [-0.3, -0.25) is 0 Å². The van der Waals surface area contributed by atoms with E-state index in [0.717, 1.165) is 0 Å². The van der Waals surface area contributed by atoms with E-state index in [2.05, 4.69) is 0 Å². The second-order valence-electron chi connectivity index (χ2n) is 3.78. The van der Waals surface area contributed by atoms with Crippen LogP contribution < -0.4 is 15.6 Å². The molecule has 1 atom stereocenters. The lowest BCUT2D eigenvalue weighted by Crippen LogP contribution is -2.22. The molecule has 1 rings (SSSR count). The Labute approximate surface area is 117 Å². The van der Waals surface area contributed by atoms with E-state index >= 15 is 0 Å². The number of hydrogen-bond donors (Lipinski definition) is 2. The van der Waals surface area contributed by atoms with Crippen molar-refractivity contribution in [3.05, 3.63) is 36.2 Å². The monoisotopic (exact) mass is 310 g/mol. The average molecular weight is 311 g/mol. The number of rotatable bonds is 5. The van der Waals surface area contributed by atoms with E-state index in [-0.39, 0.29) is 23.9 Å². The summed E-state index contributed by atoms with van der Waals surface area (Å²) in [6.45, 7) is 1.64. The maximum absolute atomic E-state index is 12.4. The molecular weight excluding hydrogens is 295 g/mol. The fraction of sp³-hybridized carbons (Fsp3) is 0.273. The third-order valence-electron chi connectivity index (χ3n) is 2.28. The van der Waals surface area contributed by atoms with Crippen LogP contribution >= 0.6 is 12.4 Å². The highest BCUT2D eigenvalue weighted by Gasteiger charge is 2.08. The van der Waals surface area contributed by atoms with Crippen LogP contribution in [0.1, 0.15) is 6.92 Å². The number of ether oxygens (including phenoxy) is 1. The van der Waals surface area contributed by atoms with Gasteiger partial charge in [-0.1, -0.05) is 0 Å². The molecule has 8 heteroatoms. The molecule has 4 N–H and O–H groups in total. The zero-order valence-electron chi connectivity index (χ0n) is 10.2. The number of nitrogens with two attached hydrogens (primary N) is 2. The predicted molar refractivity (Wildman–Crippen MR) is 73.4 cm³/mol. The lowest BCUT2D eigenvalue weighted by molar-refractivity contribution is 0.341. The van der Waals surface area contributed by atoms with Crippen LogP contribution in [0.4, 0.5) is 4.39 Å². The number of primary sulfonamides is 1. The molecule has 1 aromatic carbocycles. The second-order valence-corrected chi connectivity index (χ2v) is 5.34. The van der Waals surface area contributed by atoms with Gasteiger partial charge in [0.1, 0.15) is 12.4 Å². The molecule has 0 saturated carbocycles. The zero-order valence-corrected chi connectivity index (χ0v) is 11.9. The predicted octanol–water partition coefficient (Wildman–Crippen LogP) is 1.34. The largest absolute Gasteiger partial charge is 0.489 e. The first kappa shape index (κ1) is 17.8. The van der Waals surface area contributed by atoms with Gasteiger partial charge in [0.2, 0.25) is 10.0 Å². The van der Waals surface area contributed by atoms with Crippen LogP contribution in [0.3, 0.4) is 0 Å². The number of halogens is 2. The SMILES string of the molecule is C[C@H](N)/C(=C\F)COc1ccc(S(N)(=O)=O)cc1.Cl. The standard InChI is InChI=1S/C11H15FN2O3S.ClH/c1-8(13)9(6-12)7-17-10-2-4-11(5-3-10)18(14,15)16;/h2-6,8H,7,13H2,1H3,(H2,14,15,16);1H/b9-6-;/t8-;/m0./s1. The number of benzene rings is 1. The smallest absolute Gasteiger partial charge is 0.238 e. The third kappa shape index (κ3) is 5.56. The van der Waals surface area contributed by atoms with Crippen LogP contribution in [-0.4, -0.2) is 21.1 Å². The Hall–Kier alpha value is -1.15. The van der Waals surface area contributed by atoms with Crippen molar-refractivity contribution in [1.82, 2.24) is 0 Å². The molecule has 19 heavy (non-hydrogen) atoms. The van der Waals surface area contributed by atoms with E-state index in [1.54, 1.807) is 6.92 Å². The first-order chi connectivity index (χ1) is 8.34. The Kier molecular flexibility index (Phi) is 6.99. The van der Waals surface area contributed by atoms with Crippen molar-refractivity contribution in [3.8, 4) is 5.75 Å². The Bertz CT molecular complexity index is 529. The molecule has 0 unspecified atom stereocenters. The highest BCUT2D eigenvalue weighted by atomic mass is 35.5. The van der Waals surface area contributed by atoms with Crippen LogP contribution in [-0.2, 0) is 10.0 Å². The van der Waals surface area contributed by atoms with Crippen LogP contribution in [0, 0.1) is 0 Å². The lowest BCUT2D eigenvalue weighted by Gasteiger charge is -2.11. The van der Waals surface area contributed by atoms with Gasteiger partial charge in [-0.2, -0.15) is 0 Å². The van der Waals surface area contributed by atoms with Crippen molar-refractivity contribution in [2.24, 2.45) is 10.9 Å². The van der Waals surface area contributed by atoms with E-state index in [9.17, 15) is 12.8 Å². The summed E-state index contributed by atoms with van der Waals surface area (Å²) in [5.74, 6) is 0.405. The van der Waals surface area contributed by atoms with Gasteiger partial charge in [0, 0.05) is 11.6 Å². The van der Waals surface area contributed by atoms with Crippen molar-refractivity contribution in [2.75, 3.05) is 6.61 Å². The van der Waals surface area contributed by atoms with E-state index in [0.29, 0.717) is 17.7 Å². The summed E-state index contributed by atoms with van der Waals surface area (Å²) in [5, 5.41) is 4.95. The summed E-state index contributed by atoms with van der Waals surface area (Å²) >= 11 is 0. The first-order valence-corrected chi connectivity index (χ1v) is 6.69. The quantitative estimate of drug-likeness (QED) is 0.857. The minimum Gasteiger partial charge on any atom is -0.489 e. The van der Waals surface area contributed by atoms with Gasteiger partial charge in [-0.25, -0.2) is 17.9 Å². The summed E-state index contributed by atoms with van der Waals surface area (Å²) in [7, 11) is -3.72. The Balaban J connectivity index is 0.00000324. The normalized spacial score (nSPS) is 13.6. The van der Waals surface area contributed by atoms with Crippen molar-refractivity contribution in [2.45, 2.75) is 17.9 Å². The fourth-order valence-electron chi connectivity index (χ4n) is 1.15. The van der Waals surface area contributed by atoms with E-state index in [1.165, 1.54) is 24.3 Å². The topological polar surface area (TPSA) is 95.4 Å². The van der Waals surface area contributed by atoms with Crippen molar-refractivity contribution in [1.29, 1.82) is 0 Å². The molecule has 0 amide bonds. The molecular formula is C11H16ClFN2O3S. The van der Waals surface area contributed by atoms with Gasteiger partial charge in [0.05, 0.1) is 11.2 Å². The molecule has 108 valence electrons. The van der Waals surface area contributed by atoms with Gasteiger partial charge in [0.25, 0.3) is 0 Å². The zero-order chi connectivity index (χ0) is 13.8. The molecule has 0 bridgehead atoms. The molecule has 0 radical (unpaired) electrons. The summed E-state index contributed by atoms with van der Waals surface area (Å²) in [6.07, 6.45) is 0.406. The van der Waals surface area contributed by atoms with Gasteiger partial charge >= 0.3 is 0 Å². The molecule has 1 aromatic rings. The Morgan fingerprint density at radius 2 is 1.95 bits per heavy atom. The Morgan fingerprint density at radius 3 is 2.32 bits per heavy atom. The molecule has 0 aliphatic rings. The first-order valence-electron chi connectivity index (χ1n) is 5.15. The second kappa shape index (κ2) is 7.44. The summed E-state index contributed by atoms with van der Waals surface area (Å²) < 4.78 is 39.7. The summed E-state index contributed by atoms with van der Waals surface area (Å²) in [6, 6.07) is 5.07. The van der Waals surface area contributed by atoms with Crippen molar-refractivity contribution >= 4 is 22.4 Å². The van der Waals surface area contributed by atoms with E-state index < -0.39 is 16.1 Å².